The standard InChI is InChI=1S/C29H30N4S/c1-18-14-19(2)16-23(15-18)33-28(27(31-29(33)34)25-11-8-9-13-30-25)24-17-21(4)32(22(24)5)26-12-7-6-10-20(26)3/h6-17,27-28H,1-5H3,(H,31,34). The highest BCUT2D eigenvalue weighted by molar-refractivity contribution is 7.80. The number of hydrogen-bond acceptors (Lipinski definition) is 2. The van der Waals surface area contributed by atoms with Crippen LogP contribution in [-0.2, 0) is 0 Å². The van der Waals surface area contributed by atoms with Crippen molar-refractivity contribution in [1.82, 2.24) is 14.9 Å². The molecule has 172 valence electrons. The van der Waals surface area contributed by atoms with Crippen molar-refractivity contribution in [3.05, 3.63) is 112 Å². The summed E-state index contributed by atoms with van der Waals surface area (Å²) in [5.41, 5.74) is 10.7. The molecule has 2 atom stereocenters. The highest BCUT2D eigenvalue weighted by atomic mass is 32.1. The van der Waals surface area contributed by atoms with Crippen molar-refractivity contribution < 1.29 is 0 Å². The number of pyridine rings is 1. The number of para-hydroxylation sites is 1. The average Bonchev–Trinajstić information content (AvgIpc) is 3.29. The van der Waals surface area contributed by atoms with Crippen molar-refractivity contribution in [2.24, 2.45) is 0 Å². The van der Waals surface area contributed by atoms with Gasteiger partial charge in [-0.3, -0.25) is 4.98 Å². The Labute approximate surface area is 207 Å². The molecule has 2 unspecified atom stereocenters. The van der Waals surface area contributed by atoms with E-state index < -0.39 is 0 Å². The van der Waals surface area contributed by atoms with Gasteiger partial charge >= 0.3 is 0 Å². The van der Waals surface area contributed by atoms with Gasteiger partial charge in [-0.15, -0.1) is 0 Å². The van der Waals surface area contributed by atoms with Crippen LogP contribution in [0.2, 0.25) is 0 Å². The maximum absolute atomic E-state index is 5.94. The van der Waals surface area contributed by atoms with Crippen molar-refractivity contribution in [2.75, 3.05) is 4.90 Å². The van der Waals surface area contributed by atoms with E-state index in [2.05, 4.69) is 104 Å². The molecule has 0 saturated carbocycles. The van der Waals surface area contributed by atoms with Crippen LogP contribution >= 0.6 is 12.2 Å². The fourth-order valence-corrected chi connectivity index (χ4v) is 5.66. The second-order valence-electron chi connectivity index (χ2n) is 9.29. The van der Waals surface area contributed by atoms with Gasteiger partial charge in [-0.25, -0.2) is 0 Å². The van der Waals surface area contributed by atoms with E-state index in [1.165, 1.54) is 39.3 Å². The summed E-state index contributed by atoms with van der Waals surface area (Å²) in [5, 5.41) is 4.33. The van der Waals surface area contributed by atoms with E-state index in [1.54, 1.807) is 0 Å². The number of benzene rings is 2. The zero-order valence-corrected chi connectivity index (χ0v) is 21.1. The molecule has 0 amide bonds. The fraction of sp³-hybridized carbons (Fsp3) is 0.241. The zero-order valence-electron chi connectivity index (χ0n) is 20.3. The van der Waals surface area contributed by atoms with Gasteiger partial charge in [0.05, 0.1) is 17.8 Å². The highest BCUT2D eigenvalue weighted by Gasteiger charge is 2.42. The topological polar surface area (TPSA) is 33.1 Å². The minimum Gasteiger partial charge on any atom is -0.351 e. The van der Waals surface area contributed by atoms with Gasteiger partial charge in [0.15, 0.2) is 5.11 Å². The first-order valence-corrected chi connectivity index (χ1v) is 12.1. The molecule has 2 aromatic carbocycles. The van der Waals surface area contributed by atoms with Crippen LogP contribution in [0.3, 0.4) is 0 Å². The number of thiocarbonyl (C=S) groups is 1. The third-order valence-corrected chi connectivity index (χ3v) is 7.04. The fourth-order valence-electron chi connectivity index (χ4n) is 5.31. The van der Waals surface area contributed by atoms with Crippen LogP contribution in [0, 0.1) is 34.6 Å². The first kappa shape index (κ1) is 22.4. The van der Waals surface area contributed by atoms with Crippen LogP contribution in [0.15, 0.2) is 72.9 Å². The Morgan fingerprint density at radius 3 is 2.24 bits per heavy atom. The Hall–Kier alpha value is -3.44. The monoisotopic (exact) mass is 466 g/mol. The lowest BCUT2D eigenvalue weighted by atomic mass is 9.96. The lowest BCUT2D eigenvalue weighted by Crippen LogP contribution is -2.29. The van der Waals surface area contributed by atoms with Crippen molar-refractivity contribution in [2.45, 2.75) is 46.7 Å². The molecule has 0 radical (unpaired) electrons. The smallest absolute Gasteiger partial charge is 0.174 e. The summed E-state index contributed by atoms with van der Waals surface area (Å²) in [7, 11) is 0. The van der Waals surface area contributed by atoms with Crippen LogP contribution in [-0.4, -0.2) is 14.7 Å². The second kappa shape index (κ2) is 8.73. The molecule has 1 aliphatic heterocycles. The van der Waals surface area contributed by atoms with E-state index in [0.29, 0.717) is 0 Å². The Kier molecular flexibility index (Phi) is 5.74. The lowest BCUT2D eigenvalue weighted by Gasteiger charge is -2.29. The highest BCUT2D eigenvalue weighted by Crippen LogP contribution is 2.44. The predicted octanol–water partition coefficient (Wildman–Crippen LogP) is 6.59. The number of hydrogen-bond donors (Lipinski definition) is 1. The van der Waals surface area contributed by atoms with Gasteiger partial charge in [-0.1, -0.05) is 30.3 Å². The third kappa shape index (κ3) is 3.80. The first-order chi connectivity index (χ1) is 16.3. The molecular formula is C29H30N4S. The molecule has 0 aliphatic carbocycles. The molecule has 5 rings (SSSR count). The predicted molar refractivity (Wildman–Crippen MR) is 144 cm³/mol. The quantitative estimate of drug-likeness (QED) is 0.344. The minimum absolute atomic E-state index is 0.0208. The zero-order chi connectivity index (χ0) is 24.0. The molecular weight excluding hydrogens is 436 g/mol. The summed E-state index contributed by atoms with van der Waals surface area (Å²) in [6.45, 7) is 10.8. The van der Waals surface area contributed by atoms with Crippen LogP contribution in [0.5, 0.6) is 0 Å². The third-order valence-electron chi connectivity index (χ3n) is 6.73. The summed E-state index contributed by atoms with van der Waals surface area (Å²) in [4.78, 5) is 6.99. The number of nitrogens with one attached hydrogen (secondary N) is 1. The van der Waals surface area contributed by atoms with Crippen molar-refractivity contribution in [1.29, 1.82) is 0 Å². The normalized spacial score (nSPS) is 17.8. The van der Waals surface area contributed by atoms with E-state index in [9.17, 15) is 0 Å². The van der Waals surface area contributed by atoms with E-state index in [4.69, 9.17) is 17.2 Å². The molecule has 0 bridgehead atoms. The lowest BCUT2D eigenvalue weighted by molar-refractivity contribution is 0.565. The Bertz CT molecular complexity index is 1350. The number of anilines is 1. The minimum atomic E-state index is -0.0552. The number of aryl methyl sites for hydroxylation is 4. The molecule has 4 aromatic rings. The Morgan fingerprint density at radius 1 is 0.853 bits per heavy atom. The van der Waals surface area contributed by atoms with Crippen LogP contribution in [0.1, 0.15) is 51.4 Å². The van der Waals surface area contributed by atoms with E-state index in [-0.39, 0.29) is 12.1 Å². The molecule has 1 N–H and O–H groups in total. The summed E-state index contributed by atoms with van der Waals surface area (Å²) in [6.07, 6.45) is 1.85. The molecule has 4 nitrogen and oxygen atoms in total. The number of nitrogens with zero attached hydrogens (tertiary/aromatic N) is 3. The van der Waals surface area contributed by atoms with E-state index >= 15 is 0 Å². The van der Waals surface area contributed by atoms with E-state index in [1.807, 2.05) is 18.3 Å². The second-order valence-corrected chi connectivity index (χ2v) is 9.68. The SMILES string of the molecule is Cc1cc(C)cc(N2C(=S)NC(c3ccccn3)C2c2cc(C)n(-c3ccccc3C)c2C)c1. The number of aromatic nitrogens is 2. The van der Waals surface area contributed by atoms with Crippen molar-refractivity contribution in [3.8, 4) is 5.69 Å². The van der Waals surface area contributed by atoms with Crippen LogP contribution in [0.4, 0.5) is 5.69 Å². The largest absolute Gasteiger partial charge is 0.351 e. The molecule has 0 spiro atoms. The average molecular weight is 467 g/mol. The molecule has 2 aromatic heterocycles. The van der Waals surface area contributed by atoms with E-state index in [0.717, 1.165) is 16.5 Å². The van der Waals surface area contributed by atoms with Crippen molar-refractivity contribution in [3.63, 3.8) is 0 Å². The summed E-state index contributed by atoms with van der Waals surface area (Å²) < 4.78 is 2.36. The van der Waals surface area contributed by atoms with Crippen LogP contribution < -0.4 is 10.2 Å². The molecule has 1 aliphatic rings. The maximum Gasteiger partial charge on any atom is 0.174 e. The van der Waals surface area contributed by atoms with Gasteiger partial charge in [0.1, 0.15) is 0 Å². The van der Waals surface area contributed by atoms with Gasteiger partial charge in [0, 0.05) is 29.0 Å². The van der Waals surface area contributed by atoms with Gasteiger partial charge < -0.3 is 14.8 Å². The molecule has 5 heteroatoms. The maximum atomic E-state index is 5.94. The van der Waals surface area contributed by atoms with Crippen LogP contribution in [0.25, 0.3) is 5.69 Å². The van der Waals surface area contributed by atoms with Gasteiger partial charge in [-0.2, -0.15) is 0 Å². The summed E-state index contributed by atoms with van der Waals surface area (Å²) in [5.74, 6) is 0. The summed E-state index contributed by atoms with van der Waals surface area (Å²) >= 11 is 5.94. The molecule has 1 fully saturated rings. The van der Waals surface area contributed by atoms with Gasteiger partial charge in [0.25, 0.3) is 0 Å². The molecule has 34 heavy (non-hydrogen) atoms. The van der Waals surface area contributed by atoms with Gasteiger partial charge in [-0.05, 0) is 105 Å². The molecule has 1 saturated heterocycles. The Morgan fingerprint density at radius 2 is 1.56 bits per heavy atom. The molecule has 3 heterocycles. The summed E-state index contributed by atoms with van der Waals surface area (Å²) in [6, 6.07) is 23.5. The first-order valence-electron chi connectivity index (χ1n) is 11.7. The number of rotatable bonds is 4. The van der Waals surface area contributed by atoms with Crippen molar-refractivity contribution >= 4 is 23.0 Å². The Balaban J connectivity index is 1.71. The van der Waals surface area contributed by atoms with Gasteiger partial charge in [0.2, 0.25) is 0 Å².